The van der Waals surface area contributed by atoms with Crippen LogP contribution in [0.15, 0.2) is 41.2 Å². The van der Waals surface area contributed by atoms with Crippen molar-refractivity contribution in [2.24, 2.45) is 0 Å². The van der Waals surface area contributed by atoms with Crippen LogP contribution >= 0.6 is 0 Å². The van der Waals surface area contributed by atoms with Crippen molar-refractivity contribution >= 4 is 28.5 Å². The van der Waals surface area contributed by atoms with Crippen molar-refractivity contribution in [2.75, 3.05) is 11.9 Å². The van der Waals surface area contributed by atoms with E-state index in [1.807, 2.05) is 0 Å². The van der Waals surface area contributed by atoms with Gasteiger partial charge in [-0.1, -0.05) is 0 Å². The summed E-state index contributed by atoms with van der Waals surface area (Å²) in [5.74, 6) is -1.13. The molecule has 0 saturated heterocycles. The number of carbonyl (C=O) groups is 2. The fraction of sp³-hybridized carbons (Fsp3) is 0.111. The summed E-state index contributed by atoms with van der Waals surface area (Å²) in [6.45, 7) is 1.89. The predicted molar refractivity (Wildman–Crippen MR) is 91.4 cm³/mol. The van der Waals surface area contributed by atoms with E-state index >= 15 is 0 Å². The van der Waals surface area contributed by atoms with E-state index in [0.717, 1.165) is 10.6 Å². The molecule has 0 unspecified atom stereocenters. The monoisotopic (exact) mass is 353 g/mol. The summed E-state index contributed by atoms with van der Waals surface area (Å²) >= 11 is 0. The Balaban J connectivity index is 1.89. The number of hydrogen-bond donors (Lipinski definition) is 1. The molecule has 0 radical (unpaired) electrons. The minimum absolute atomic E-state index is 0.0609. The molecule has 1 amide bonds. The van der Waals surface area contributed by atoms with Gasteiger partial charge in [-0.3, -0.25) is 19.5 Å². The fourth-order valence-corrected chi connectivity index (χ4v) is 2.93. The van der Waals surface area contributed by atoms with Crippen molar-refractivity contribution < 1.29 is 18.7 Å². The summed E-state index contributed by atoms with van der Waals surface area (Å²) in [4.78, 5) is 41.2. The Morgan fingerprint density at radius 2 is 2.04 bits per heavy atom. The van der Waals surface area contributed by atoms with Gasteiger partial charge in [0.2, 0.25) is 5.78 Å². The van der Waals surface area contributed by atoms with Gasteiger partial charge in [0.25, 0.3) is 5.56 Å². The van der Waals surface area contributed by atoms with Crippen molar-refractivity contribution in [3.8, 4) is 5.69 Å². The molecule has 2 aromatic carbocycles. The summed E-state index contributed by atoms with van der Waals surface area (Å²) in [6, 6.07) is 8.17. The molecule has 7 nitrogen and oxygen atoms in total. The number of rotatable bonds is 2. The van der Waals surface area contributed by atoms with E-state index in [9.17, 15) is 18.8 Å². The van der Waals surface area contributed by atoms with Gasteiger partial charge in [0.15, 0.2) is 5.82 Å². The average Bonchev–Trinajstić information content (AvgIpc) is 2.88. The molecular formula is C18H12FN3O4. The summed E-state index contributed by atoms with van der Waals surface area (Å²) in [5.41, 5.74) is 0.567. The highest BCUT2D eigenvalue weighted by molar-refractivity contribution is 6.13. The molecule has 4 rings (SSSR count). The van der Waals surface area contributed by atoms with Crippen molar-refractivity contribution in [2.45, 2.75) is 6.92 Å². The second kappa shape index (κ2) is 5.76. The number of benzene rings is 2. The lowest BCUT2D eigenvalue weighted by Gasteiger charge is -2.08. The van der Waals surface area contributed by atoms with Gasteiger partial charge in [0.05, 0.1) is 28.8 Å². The minimum Gasteiger partial charge on any atom is -0.450 e. The SMILES string of the molecule is CCOC(=O)Nc1ccc2nc3n(c(=O)c2c1)-c1ccc(F)cc1C3=O. The van der Waals surface area contributed by atoms with Gasteiger partial charge in [-0.25, -0.2) is 14.2 Å². The van der Waals surface area contributed by atoms with E-state index in [1.165, 1.54) is 24.3 Å². The van der Waals surface area contributed by atoms with Crippen LogP contribution in [0.1, 0.15) is 23.1 Å². The zero-order chi connectivity index (χ0) is 18.4. The number of anilines is 1. The first-order chi connectivity index (χ1) is 12.5. The van der Waals surface area contributed by atoms with Crippen LogP contribution in [-0.4, -0.2) is 28.0 Å². The molecule has 130 valence electrons. The second-order valence-corrected chi connectivity index (χ2v) is 5.64. The molecule has 0 atom stereocenters. The highest BCUT2D eigenvalue weighted by atomic mass is 19.1. The maximum atomic E-state index is 13.5. The Labute approximate surface area is 146 Å². The van der Waals surface area contributed by atoms with Crippen LogP contribution in [0.5, 0.6) is 0 Å². The molecule has 2 heterocycles. The Morgan fingerprint density at radius 1 is 1.23 bits per heavy atom. The zero-order valence-electron chi connectivity index (χ0n) is 13.6. The predicted octanol–water partition coefficient (Wildman–Crippen LogP) is 2.64. The van der Waals surface area contributed by atoms with E-state index in [1.54, 1.807) is 13.0 Å². The third-order valence-electron chi connectivity index (χ3n) is 4.04. The van der Waals surface area contributed by atoms with Crippen LogP contribution in [0.2, 0.25) is 0 Å². The molecule has 0 saturated carbocycles. The van der Waals surface area contributed by atoms with Gasteiger partial charge in [0, 0.05) is 5.69 Å². The Morgan fingerprint density at radius 3 is 2.81 bits per heavy atom. The van der Waals surface area contributed by atoms with Crippen LogP contribution < -0.4 is 10.9 Å². The molecule has 1 N–H and O–H groups in total. The van der Waals surface area contributed by atoms with E-state index in [-0.39, 0.29) is 29.1 Å². The molecule has 8 heteroatoms. The lowest BCUT2D eigenvalue weighted by molar-refractivity contribution is 0.103. The first kappa shape index (κ1) is 15.9. The molecule has 1 aliphatic heterocycles. The van der Waals surface area contributed by atoms with Crippen LogP contribution in [0.3, 0.4) is 0 Å². The topological polar surface area (TPSA) is 90.3 Å². The number of aromatic nitrogens is 2. The summed E-state index contributed by atoms with van der Waals surface area (Å²) in [7, 11) is 0. The third kappa shape index (κ3) is 2.34. The maximum Gasteiger partial charge on any atom is 0.411 e. The molecule has 0 spiro atoms. The van der Waals surface area contributed by atoms with Crippen LogP contribution in [0.4, 0.5) is 14.9 Å². The van der Waals surface area contributed by atoms with Gasteiger partial charge in [0.1, 0.15) is 5.82 Å². The maximum absolute atomic E-state index is 13.5. The normalized spacial score (nSPS) is 12.0. The number of hydrogen-bond acceptors (Lipinski definition) is 5. The van der Waals surface area contributed by atoms with Crippen LogP contribution in [0.25, 0.3) is 16.6 Å². The van der Waals surface area contributed by atoms with Gasteiger partial charge < -0.3 is 4.74 Å². The molecule has 1 aromatic heterocycles. The molecule has 3 aromatic rings. The third-order valence-corrected chi connectivity index (χ3v) is 4.04. The zero-order valence-corrected chi connectivity index (χ0v) is 13.6. The largest absolute Gasteiger partial charge is 0.450 e. The molecule has 0 aliphatic carbocycles. The number of carbonyl (C=O) groups excluding carboxylic acids is 2. The van der Waals surface area contributed by atoms with Crippen LogP contribution in [-0.2, 0) is 4.74 Å². The summed E-state index contributed by atoms with van der Waals surface area (Å²) in [6.07, 6.45) is -0.642. The minimum atomic E-state index is -0.642. The van der Waals surface area contributed by atoms with E-state index in [0.29, 0.717) is 11.2 Å². The molecule has 0 fully saturated rings. The number of ketones is 1. The summed E-state index contributed by atoms with van der Waals surface area (Å²) < 4.78 is 19.4. The van der Waals surface area contributed by atoms with E-state index in [4.69, 9.17) is 4.74 Å². The van der Waals surface area contributed by atoms with Crippen LogP contribution in [0, 0.1) is 5.82 Å². The van der Waals surface area contributed by atoms with Crippen molar-refractivity contribution in [3.63, 3.8) is 0 Å². The fourth-order valence-electron chi connectivity index (χ4n) is 2.93. The van der Waals surface area contributed by atoms with E-state index < -0.39 is 23.3 Å². The first-order valence-electron chi connectivity index (χ1n) is 7.85. The standard InChI is InChI=1S/C18H12FN3O4/c1-2-26-18(25)20-10-4-5-13-11(8-10)17(24)22-14-6-3-9(19)7-12(14)15(23)16(22)21-13/h3-8H,2H2,1H3,(H,20,25). The number of amides is 1. The lowest BCUT2D eigenvalue weighted by Crippen LogP contribution is -2.22. The van der Waals surface area contributed by atoms with Gasteiger partial charge >= 0.3 is 6.09 Å². The van der Waals surface area contributed by atoms with Crippen molar-refractivity contribution in [1.82, 2.24) is 9.55 Å². The Kier molecular flexibility index (Phi) is 3.54. The number of nitrogens with zero attached hydrogens (tertiary/aromatic N) is 2. The van der Waals surface area contributed by atoms with Gasteiger partial charge in [-0.05, 0) is 43.3 Å². The Bertz CT molecular complexity index is 1150. The molecule has 0 bridgehead atoms. The highest BCUT2D eigenvalue weighted by Crippen LogP contribution is 2.27. The Hall–Kier alpha value is -3.55. The number of nitrogens with one attached hydrogen (secondary N) is 1. The second-order valence-electron chi connectivity index (χ2n) is 5.64. The summed E-state index contributed by atoms with van der Waals surface area (Å²) in [5, 5.41) is 2.73. The lowest BCUT2D eigenvalue weighted by atomic mass is 10.1. The highest BCUT2D eigenvalue weighted by Gasteiger charge is 2.30. The first-order valence-corrected chi connectivity index (χ1v) is 7.85. The van der Waals surface area contributed by atoms with Gasteiger partial charge in [-0.2, -0.15) is 0 Å². The average molecular weight is 353 g/mol. The molecule has 26 heavy (non-hydrogen) atoms. The molecular weight excluding hydrogens is 341 g/mol. The van der Waals surface area contributed by atoms with Crippen molar-refractivity contribution in [3.05, 3.63) is 64.0 Å². The smallest absolute Gasteiger partial charge is 0.411 e. The number of halogens is 1. The van der Waals surface area contributed by atoms with Crippen molar-refractivity contribution in [1.29, 1.82) is 0 Å². The number of ether oxygens (including phenoxy) is 1. The molecule has 1 aliphatic rings. The quantitative estimate of drug-likeness (QED) is 0.598. The van der Waals surface area contributed by atoms with Gasteiger partial charge in [-0.15, -0.1) is 0 Å². The van der Waals surface area contributed by atoms with E-state index in [2.05, 4.69) is 10.3 Å². The number of fused-ring (bicyclic) bond motifs is 4.